The zero-order valence-corrected chi connectivity index (χ0v) is 14.4. The molecule has 25 heavy (non-hydrogen) atoms. The fraction of sp³-hybridized carbons (Fsp3) is 0.474. The number of carboxylic acid groups (broad SMARTS) is 1. The number of aliphatic carboxylic acids is 1. The number of ether oxygens (including phenoxy) is 1. The van der Waals surface area contributed by atoms with Crippen molar-refractivity contribution in [1.82, 2.24) is 5.32 Å². The first kappa shape index (κ1) is 17.3. The van der Waals surface area contributed by atoms with Crippen molar-refractivity contribution in [1.29, 1.82) is 0 Å². The molecule has 1 saturated carbocycles. The van der Waals surface area contributed by atoms with Crippen LogP contribution in [-0.4, -0.2) is 43.7 Å². The molecular formula is C19H24N2O4. The number of hydrogen-bond acceptors (Lipinski definition) is 4. The minimum absolute atomic E-state index is 0.0231. The minimum atomic E-state index is -0.971. The van der Waals surface area contributed by atoms with E-state index < -0.39 is 5.97 Å². The molecule has 3 atom stereocenters. The van der Waals surface area contributed by atoms with Gasteiger partial charge >= 0.3 is 5.97 Å². The molecule has 2 aliphatic carbocycles. The molecule has 2 aliphatic rings. The lowest BCUT2D eigenvalue weighted by atomic mass is 9.94. The summed E-state index contributed by atoms with van der Waals surface area (Å²) in [6.07, 6.45) is 6.89. The molecule has 0 heterocycles. The predicted octanol–water partition coefficient (Wildman–Crippen LogP) is 1.91. The predicted molar refractivity (Wildman–Crippen MR) is 94.7 cm³/mol. The summed E-state index contributed by atoms with van der Waals surface area (Å²) in [6.45, 7) is 0.458. The lowest BCUT2D eigenvalue weighted by Crippen LogP contribution is -2.41. The summed E-state index contributed by atoms with van der Waals surface area (Å²) in [6, 6.07) is 7.03. The number of allylic oxidation sites excluding steroid dienone is 2. The lowest BCUT2D eigenvalue weighted by molar-refractivity contribution is -0.135. The largest absolute Gasteiger partial charge is 0.497 e. The van der Waals surface area contributed by atoms with Gasteiger partial charge < -0.3 is 20.1 Å². The topological polar surface area (TPSA) is 78.9 Å². The fourth-order valence-corrected chi connectivity index (χ4v) is 3.80. The SMILES string of the molecule is COc1ccc(N(CC(=O)O)CC(=O)NC[C@@H]2C[C@H]3C=C[C@H]2C3)cc1. The Kier molecular flexibility index (Phi) is 5.26. The van der Waals surface area contributed by atoms with Crippen LogP contribution in [0.3, 0.4) is 0 Å². The molecule has 6 heteroatoms. The summed E-state index contributed by atoms with van der Waals surface area (Å²) >= 11 is 0. The number of anilines is 1. The maximum Gasteiger partial charge on any atom is 0.323 e. The monoisotopic (exact) mass is 344 g/mol. The number of nitrogens with one attached hydrogen (secondary N) is 1. The van der Waals surface area contributed by atoms with E-state index in [-0.39, 0.29) is 19.0 Å². The number of fused-ring (bicyclic) bond motifs is 2. The molecule has 1 fully saturated rings. The zero-order valence-electron chi connectivity index (χ0n) is 14.4. The van der Waals surface area contributed by atoms with Crippen LogP contribution in [0.2, 0.25) is 0 Å². The van der Waals surface area contributed by atoms with Gasteiger partial charge in [-0.2, -0.15) is 0 Å². The normalized spacial score (nSPS) is 23.5. The third kappa shape index (κ3) is 4.32. The molecule has 2 N–H and O–H groups in total. The van der Waals surface area contributed by atoms with Gasteiger partial charge in [-0.15, -0.1) is 0 Å². The van der Waals surface area contributed by atoms with Crippen LogP contribution in [0, 0.1) is 17.8 Å². The van der Waals surface area contributed by atoms with Crippen molar-refractivity contribution >= 4 is 17.6 Å². The molecule has 134 valence electrons. The first-order valence-electron chi connectivity index (χ1n) is 8.61. The highest BCUT2D eigenvalue weighted by Crippen LogP contribution is 2.42. The summed E-state index contributed by atoms with van der Waals surface area (Å²) in [5.74, 6) is 1.34. The van der Waals surface area contributed by atoms with E-state index in [4.69, 9.17) is 9.84 Å². The number of nitrogens with zero attached hydrogens (tertiary/aromatic N) is 1. The van der Waals surface area contributed by atoms with Gasteiger partial charge in [0.2, 0.25) is 5.91 Å². The summed E-state index contributed by atoms with van der Waals surface area (Å²) in [5.41, 5.74) is 0.682. The van der Waals surface area contributed by atoms with Crippen molar-refractivity contribution in [3.63, 3.8) is 0 Å². The fourth-order valence-electron chi connectivity index (χ4n) is 3.80. The molecule has 0 aliphatic heterocycles. The van der Waals surface area contributed by atoms with E-state index in [1.165, 1.54) is 6.42 Å². The average Bonchev–Trinajstić information content (AvgIpc) is 3.22. The van der Waals surface area contributed by atoms with Crippen LogP contribution in [-0.2, 0) is 9.59 Å². The highest BCUT2D eigenvalue weighted by atomic mass is 16.5. The van der Waals surface area contributed by atoms with Gasteiger partial charge in [0.05, 0.1) is 13.7 Å². The van der Waals surface area contributed by atoms with Gasteiger partial charge in [-0.25, -0.2) is 0 Å². The summed E-state index contributed by atoms with van der Waals surface area (Å²) in [5, 5.41) is 12.1. The van der Waals surface area contributed by atoms with Crippen LogP contribution in [0.25, 0.3) is 0 Å². The van der Waals surface area contributed by atoms with Gasteiger partial charge in [0.1, 0.15) is 12.3 Å². The standard InChI is InChI=1S/C19H24N2O4/c1-25-17-6-4-16(5-7-17)21(12-19(23)24)11-18(22)20-10-15-9-13-2-3-14(15)8-13/h2-7,13-15H,8-12H2,1H3,(H,20,22)(H,23,24)/t13-,14-,15-/m0/s1. The number of amides is 1. The number of hydrogen-bond donors (Lipinski definition) is 2. The van der Waals surface area contributed by atoms with Crippen molar-refractivity contribution in [3.05, 3.63) is 36.4 Å². The average molecular weight is 344 g/mol. The Bertz CT molecular complexity index is 656. The minimum Gasteiger partial charge on any atom is -0.497 e. The van der Waals surface area contributed by atoms with Crippen LogP contribution in [0.4, 0.5) is 5.69 Å². The van der Waals surface area contributed by atoms with Gasteiger partial charge in [-0.1, -0.05) is 12.2 Å². The Morgan fingerprint density at radius 3 is 2.52 bits per heavy atom. The molecule has 1 aromatic rings. The Morgan fingerprint density at radius 2 is 1.96 bits per heavy atom. The second-order valence-corrected chi connectivity index (χ2v) is 6.79. The van der Waals surface area contributed by atoms with E-state index >= 15 is 0 Å². The van der Waals surface area contributed by atoms with E-state index in [9.17, 15) is 9.59 Å². The second kappa shape index (κ2) is 7.59. The number of benzene rings is 1. The molecule has 0 spiro atoms. The summed E-state index contributed by atoms with van der Waals surface area (Å²) < 4.78 is 5.11. The van der Waals surface area contributed by atoms with Crippen molar-refractivity contribution < 1.29 is 19.4 Å². The molecule has 6 nitrogen and oxygen atoms in total. The molecule has 1 aromatic carbocycles. The molecule has 2 bridgehead atoms. The number of rotatable bonds is 8. The van der Waals surface area contributed by atoms with Crippen molar-refractivity contribution in [2.24, 2.45) is 17.8 Å². The van der Waals surface area contributed by atoms with Crippen molar-refractivity contribution in [2.45, 2.75) is 12.8 Å². The van der Waals surface area contributed by atoms with Gasteiger partial charge in [-0.3, -0.25) is 9.59 Å². The Labute approximate surface area is 147 Å². The third-order valence-electron chi connectivity index (χ3n) is 5.08. The number of methoxy groups -OCH3 is 1. The van der Waals surface area contributed by atoms with Crippen LogP contribution >= 0.6 is 0 Å². The van der Waals surface area contributed by atoms with Crippen molar-refractivity contribution in [2.75, 3.05) is 31.6 Å². The van der Waals surface area contributed by atoms with Crippen molar-refractivity contribution in [3.8, 4) is 5.75 Å². The molecule has 0 saturated heterocycles. The summed E-state index contributed by atoms with van der Waals surface area (Å²) in [4.78, 5) is 25.0. The van der Waals surface area contributed by atoms with Crippen LogP contribution in [0.15, 0.2) is 36.4 Å². The van der Waals surface area contributed by atoms with Gasteiger partial charge in [0.25, 0.3) is 0 Å². The quantitative estimate of drug-likeness (QED) is 0.705. The van der Waals surface area contributed by atoms with Crippen LogP contribution < -0.4 is 15.0 Å². The van der Waals surface area contributed by atoms with E-state index in [0.29, 0.717) is 35.7 Å². The molecule has 0 radical (unpaired) electrons. The Balaban J connectivity index is 1.56. The number of carbonyl (C=O) groups is 2. The van der Waals surface area contributed by atoms with E-state index in [2.05, 4.69) is 17.5 Å². The van der Waals surface area contributed by atoms with Gasteiger partial charge in [-0.05, 0) is 54.9 Å². The molecule has 0 aromatic heterocycles. The molecule has 3 rings (SSSR count). The lowest BCUT2D eigenvalue weighted by Gasteiger charge is -2.24. The first-order chi connectivity index (χ1) is 12.0. The van der Waals surface area contributed by atoms with E-state index in [1.807, 2.05) is 0 Å². The highest BCUT2D eigenvalue weighted by Gasteiger charge is 2.35. The summed E-state index contributed by atoms with van der Waals surface area (Å²) in [7, 11) is 1.57. The smallest absolute Gasteiger partial charge is 0.323 e. The third-order valence-corrected chi connectivity index (χ3v) is 5.08. The van der Waals surface area contributed by atoms with Gasteiger partial charge in [0, 0.05) is 12.2 Å². The van der Waals surface area contributed by atoms with Crippen LogP contribution in [0.5, 0.6) is 5.75 Å². The zero-order chi connectivity index (χ0) is 17.8. The van der Waals surface area contributed by atoms with E-state index in [0.717, 1.165) is 6.42 Å². The Hall–Kier alpha value is -2.50. The maximum absolute atomic E-state index is 12.3. The molecule has 0 unspecified atom stereocenters. The Morgan fingerprint density at radius 1 is 1.20 bits per heavy atom. The van der Waals surface area contributed by atoms with Crippen LogP contribution in [0.1, 0.15) is 12.8 Å². The second-order valence-electron chi connectivity index (χ2n) is 6.79. The molecular weight excluding hydrogens is 320 g/mol. The maximum atomic E-state index is 12.3. The van der Waals surface area contributed by atoms with E-state index in [1.54, 1.807) is 36.3 Å². The molecule has 1 amide bonds. The van der Waals surface area contributed by atoms with Gasteiger partial charge in [0.15, 0.2) is 0 Å². The number of carbonyl (C=O) groups excluding carboxylic acids is 1. The first-order valence-corrected chi connectivity index (χ1v) is 8.61. The highest BCUT2D eigenvalue weighted by molar-refractivity contribution is 5.84. The number of carboxylic acids is 1.